The van der Waals surface area contributed by atoms with Gasteiger partial charge in [0.15, 0.2) is 0 Å². The van der Waals surface area contributed by atoms with Crippen LogP contribution in [0.5, 0.6) is 0 Å². The maximum Gasteiger partial charge on any atom is 0.0618 e. The third-order valence-electron chi connectivity index (χ3n) is 5.57. The first-order valence-corrected chi connectivity index (χ1v) is 9.64. The van der Waals surface area contributed by atoms with E-state index in [1.165, 1.54) is 44.5 Å². The van der Waals surface area contributed by atoms with Crippen LogP contribution in [-0.4, -0.2) is 69.5 Å². The molecular formula is C18H30N2O2S. The Morgan fingerprint density at radius 1 is 1.26 bits per heavy atom. The summed E-state index contributed by atoms with van der Waals surface area (Å²) in [6.45, 7) is 7.50. The van der Waals surface area contributed by atoms with Gasteiger partial charge in [-0.05, 0) is 60.2 Å². The minimum Gasteiger partial charge on any atom is -0.383 e. The molecule has 1 atom stereocenters. The lowest BCUT2D eigenvalue weighted by Crippen LogP contribution is -2.41. The molecule has 3 heterocycles. The summed E-state index contributed by atoms with van der Waals surface area (Å²) in [5.41, 5.74) is 1.97. The third kappa shape index (κ3) is 4.34. The highest BCUT2D eigenvalue weighted by atomic mass is 32.1. The molecule has 5 heteroatoms. The first-order chi connectivity index (χ1) is 11.2. The summed E-state index contributed by atoms with van der Waals surface area (Å²) < 4.78 is 10.8. The van der Waals surface area contributed by atoms with Gasteiger partial charge in [0.2, 0.25) is 0 Å². The summed E-state index contributed by atoms with van der Waals surface area (Å²) in [6, 6.07) is 2.82. The second-order valence-electron chi connectivity index (χ2n) is 7.18. The van der Waals surface area contributed by atoms with E-state index in [2.05, 4.69) is 26.6 Å². The summed E-state index contributed by atoms with van der Waals surface area (Å²) in [5, 5.41) is 4.46. The number of nitrogens with zero attached hydrogens (tertiary/aromatic N) is 2. The van der Waals surface area contributed by atoms with Crippen molar-refractivity contribution in [3.05, 3.63) is 22.4 Å². The molecule has 0 N–H and O–H groups in total. The van der Waals surface area contributed by atoms with Crippen LogP contribution >= 0.6 is 11.3 Å². The number of piperidine rings is 1. The zero-order valence-electron chi connectivity index (χ0n) is 14.5. The van der Waals surface area contributed by atoms with E-state index in [-0.39, 0.29) is 0 Å². The monoisotopic (exact) mass is 338 g/mol. The van der Waals surface area contributed by atoms with Crippen LogP contribution < -0.4 is 0 Å². The van der Waals surface area contributed by atoms with Crippen LogP contribution in [0.3, 0.4) is 0 Å². The molecule has 2 fully saturated rings. The van der Waals surface area contributed by atoms with Crippen LogP contribution in [0.2, 0.25) is 0 Å². The predicted octanol–water partition coefficient (Wildman–Crippen LogP) is 2.70. The fourth-order valence-electron chi connectivity index (χ4n) is 4.27. The maximum atomic E-state index is 5.47. The third-order valence-corrected chi connectivity index (χ3v) is 6.30. The normalized spacial score (nSPS) is 25.4. The molecule has 1 aromatic heterocycles. The predicted molar refractivity (Wildman–Crippen MR) is 95.0 cm³/mol. The molecule has 1 spiro atoms. The van der Waals surface area contributed by atoms with Gasteiger partial charge in [0.1, 0.15) is 0 Å². The van der Waals surface area contributed by atoms with Gasteiger partial charge >= 0.3 is 0 Å². The summed E-state index contributed by atoms with van der Waals surface area (Å²) in [5.74, 6) is 0. The van der Waals surface area contributed by atoms with Crippen LogP contribution in [0.25, 0.3) is 0 Å². The van der Waals surface area contributed by atoms with Gasteiger partial charge in [-0.3, -0.25) is 9.80 Å². The van der Waals surface area contributed by atoms with Gasteiger partial charge in [-0.25, -0.2) is 0 Å². The van der Waals surface area contributed by atoms with Gasteiger partial charge < -0.3 is 9.47 Å². The summed E-state index contributed by atoms with van der Waals surface area (Å²) in [4.78, 5) is 5.22. The molecule has 0 radical (unpaired) electrons. The Kier molecular flexibility index (Phi) is 6.10. The minimum absolute atomic E-state index is 0.502. The van der Waals surface area contributed by atoms with E-state index in [0.717, 1.165) is 26.3 Å². The molecule has 2 aliphatic rings. The Morgan fingerprint density at radius 2 is 2.09 bits per heavy atom. The smallest absolute Gasteiger partial charge is 0.0618 e. The maximum absolute atomic E-state index is 5.47. The van der Waals surface area contributed by atoms with Crippen molar-refractivity contribution in [2.75, 3.05) is 53.6 Å². The average Bonchev–Trinajstić information content (AvgIpc) is 3.17. The summed E-state index contributed by atoms with van der Waals surface area (Å²) in [6.07, 6.45) is 3.93. The minimum atomic E-state index is 0.502. The fraction of sp³-hybridized carbons (Fsp3) is 0.778. The topological polar surface area (TPSA) is 24.9 Å². The second-order valence-corrected chi connectivity index (χ2v) is 7.96. The zero-order chi connectivity index (χ0) is 16.1. The van der Waals surface area contributed by atoms with Crippen molar-refractivity contribution >= 4 is 11.3 Å². The Bertz CT molecular complexity index is 458. The molecule has 2 saturated heterocycles. The molecule has 0 unspecified atom stereocenters. The largest absolute Gasteiger partial charge is 0.383 e. The molecule has 3 rings (SSSR count). The van der Waals surface area contributed by atoms with Crippen LogP contribution in [0, 0.1) is 5.41 Å². The molecule has 2 aliphatic heterocycles. The zero-order valence-corrected chi connectivity index (χ0v) is 15.3. The molecule has 0 aliphatic carbocycles. The quantitative estimate of drug-likeness (QED) is 0.763. The number of methoxy groups -OCH3 is 2. The first-order valence-electron chi connectivity index (χ1n) is 8.70. The lowest BCUT2D eigenvalue weighted by Gasteiger charge is -2.39. The van der Waals surface area contributed by atoms with Crippen molar-refractivity contribution in [1.82, 2.24) is 9.80 Å². The van der Waals surface area contributed by atoms with Gasteiger partial charge in [0.25, 0.3) is 0 Å². The van der Waals surface area contributed by atoms with Crippen molar-refractivity contribution in [2.24, 2.45) is 5.41 Å². The van der Waals surface area contributed by atoms with Gasteiger partial charge in [0, 0.05) is 39.9 Å². The molecule has 0 aromatic carbocycles. The molecule has 23 heavy (non-hydrogen) atoms. The number of hydrogen-bond acceptors (Lipinski definition) is 5. The fourth-order valence-corrected chi connectivity index (χ4v) is 4.93. The Morgan fingerprint density at radius 3 is 2.74 bits per heavy atom. The van der Waals surface area contributed by atoms with Crippen LogP contribution in [0.15, 0.2) is 16.8 Å². The second kappa shape index (κ2) is 8.08. The molecule has 0 bridgehead atoms. The van der Waals surface area contributed by atoms with E-state index in [0.29, 0.717) is 11.5 Å². The SMILES string of the molecule is COCCN1CC2(CCN(Cc3ccsc3)CC2)C[C@@H]1COC. The Balaban J connectivity index is 1.54. The molecule has 130 valence electrons. The highest BCUT2D eigenvalue weighted by Gasteiger charge is 2.45. The lowest BCUT2D eigenvalue weighted by molar-refractivity contribution is 0.0858. The van der Waals surface area contributed by atoms with Gasteiger partial charge in [-0.1, -0.05) is 0 Å². The highest BCUT2D eigenvalue weighted by Crippen LogP contribution is 2.43. The standard InChI is InChI=1S/C18H30N2O2S/c1-21-9-8-20-15-18(11-17(20)13-22-2)4-6-19(7-5-18)12-16-3-10-23-14-16/h3,10,14,17H,4-9,11-13,15H2,1-2H3/t17-/m1/s1. The van der Waals surface area contributed by atoms with E-state index in [1.54, 1.807) is 18.4 Å². The molecule has 0 amide bonds. The van der Waals surface area contributed by atoms with Crippen molar-refractivity contribution in [3.8, 4) is 0 Å². The number of likely N-dealkylation sites (tertiary alicyclic amines) is 2. The molecule has 0 saturated carbocycles. The van der Waals surface area contributed by atoms with E-state index >= 15 is 0 Å². The Hall–Kier alpha value is -0.460. The number of rotatable bonds is 7. The number of hydrogen-bond donors (Lipinski definition) is 0. The molecule has 4 nitrogen and oxygen atoms in total. The van der Waals surface area contributed by atoms with E-state index in [9.17, 15) is 0 Å². The van der Waals surface area contributed by atoms with Crippen LogP contribution in [0.1, 0.15) is 24.8 Å². The van der Waals surface area contributed by atoms with E-state index < -0.39 is 0 Å². The lowest BCUT2D eigenvalue weighted by atomic mass is 9.76. The highest BCUT2D eigenvalue weighted by molar-refractivity contribution is 7.07. The van der Waals surface area contributed by atoms with Crippen molar-refractivity contribution in [3.63, 3.8) is 0 Å². The first kappa shape index (κ1) is 17.4. The van der Waals surface area contributed by atoms with Crippen LogP contribution in [-0.2, 0) is 16.0 Å². The Labute approximate surface area is 144 Å². The summed E-state index contributed by atoms with van der Waals surface area (Å²) in [7, 11) is 3.61. The number of ether oxygens (including phenoxy) is 2. The van der Waals surface area contributed by atoms with Crippen molar-refractivity contribution in [2.45, 2.75) is 31.8 Å². The molecular weight excluding hydrogens is 308 g/mol. The van der Waals surface area contributed by atoms with Gasteiger partial charge in [-0.15, -0.1) is 0 Å². The van der Waals surface area contributed by atoms with E-state index in [4.69, 9.17) is 9.47 Å². The number of thiophene rings is 1. The van der Waals surface area contributed by atoms with Gasteiger partial charge in [0.05, 0.1) is 13.2 Å². The van der Waals surface area contributed by atoms with Gasteiger partial charge in [-0.2, -0.15) is 11.3 Å². The van der Waals surface area contributed by atoms with Crippen molar-refractivity contribution < 1.29 is 9.47 Å². The van der Waals surface area contributed by atoms with E-state index in [1.807, 2.05) is 7.11 Å². The van der Waals surface area contributed by atoms with Crippen molar-refractivity contribution in [1.29, 1.82) is 0 Å². The summed E-state index contributed by atoms with van der Waals surface area (Å²) >= 11 is 1.80. The van der Waals surface area contributed by atoms with Crippen LogP contribution in [0.4, 0.5) is 0 Å². The average molecular weight is 339 g/mol. The molecule has 1 aromatic rings.